The molecule has 14 heavy (non-hydrogen) atoms. The fraction of sp³-hybridized carbons (Fsp3) is 0.0909. The summed E-state index contributed by atoms with van der Waals surface area (Å²) in [5, 5.41) is 0. The standard InChI is InChI=1S/C6H7NO.C5H5N/c1-6-3-2-4-7(6)5-8;1-2-4-6-5-3-1/h2-5H,1H3;1-5H. The van der Waals surface area contributed by atoms with E-state index < -0.39 is 0 Å². The minimum Gasteiger partial charge on any atom is -0.295 e. The third-order valence-corrected chi connectivity index (χ3v) is 1.67. The Balaban J connectivity index is 0.000000146. The van der Waals surface area contributed by atoms with Crippen LogP contribution in [-0.2, 0) is 4.79 Å². The molecule has 0 saturated heterocycles. The van der Waals surface area contributed by atoms with Gasteiger partial charge in [-0.15, -0.1) is 0 Å². The summed E-state index contributed by atoms with van der Waals surface area (Å²) in [7, 11) is 0. The van der Waals surface area contributed by atoms with Crippen molar-refractivity contribution in [3.8, 4) is 0 Å². The number of carbonyl (C=O) groups is 1. The van der Waals surface area contributed by atoms with Crippen LogP contribution in [0.1, 0.15) is 5.69 Å². The van der Waals surface area contributed by atoms with Gasteiger partial charge in [-0.1, -0.05) is 6.07 Å². The number of nitrogens with zero attached hydrogens (tertiary/aromatic N) is 2. The zero-order chi connectivity index (χ0) is 10.2. The number of rotatable bonds is 1. The van der Waals surface area contributed by atoms with Crippen LogP contribution >= 0.6 is 0 Å². The van der Waals surface area contributed by atoms with Gasteiger partial charge in [0.05, 0.1) is 0 Å². The molecule has 0 bridgehead atoms. The van der Waals surface area contributed by atoms with E-state index in [2.05, 4.69) is 4.98 Å². The molecular weight excluding hydrogens is 176 g/mol. The number of carbonyl (C=O) groups excluding carboxylic acids is 1. The lowest BCUT2D eigenvalue weighted by atomic mass is 10.5. The topological polar surface area (TPSA) is 34.9 Å². The van der Waals surface area contributed by atoms with Gasteiger partial charge >= 0.3 is 0 Å². The van der Waals surface area contributed by atoms with Crippen molar-refractivity contribution in [1.29, 1.82) is 0 Å². The summed E-state index contributed by atoms with van der Waals surface area (Å²) in [5.74, 6) is 0. The van der Waals surface area contributed by atoms with Crippen molar-refractivity contribution < 1.29 is 4.79 Å². The van der Waals surface area contributed by atoms with Gasteiger partial charge in [0.2, 0.25) is 6.41 Å². The summed E-state index contributed by atoms with van der Waals surface area (Å²) in [5.41, 5.74) is 0.972. The molecule has 0 unspecified atom stereocenters. The van der Waals surface area contributed by atoms with Crippen LogP contribution in [0.2, 0.25) is 0 Å². The quantitative estimate of drug-likeness (QED) is 0.641. The first kappa shape index (κ1) is 10.2. The average Bonchev–Trinajstić information content (AvgIpc) is 2.67. The second-order valence-corrected chi connectivity index (χ2v) is 2.69. The van der Waals surface area contributed by atoms with Gasteiger partial charge in [-0.05, 0) is 31.2 Å². The Kier molecular flexibility index (Phi) is 4.14. The lowest BCUT2D eigenvalue weighted by Crippen LogP contribution is -1.92. The minimum absolute atomic E-state index is 0.787. The molecule has 0 amide bonds. The van der Waals surface area contributed by atoms with E-state index in [1.165, 1.54) is 4.57 Å². The molecule has 0 aromatic carbocycles. The van der Waals surface area contributed by atoms with E-state index in [0.717, 1.165) is 12.1 Å². The van der Waals surface area contributed by atoms with Crippen molar-refractivity contribution in [2.45, 2.75) is 6.92 Å². The van der Waals surface area contributed by atoms with Crippen molar-refractivity contribution >= 4 is 6.41 Å². The van der Waals surface area contributed by atoms with Crippen LogP contribution in [0.15, 0.2) is 48.9 Å². The van der Waals surface area contributed by atoms with E-state index in [1.807, 2.05) is 37.3 Å². The molecule has 0 spiro atoms. The molecule has 0 N–H and O–H groups in total. The Bertz CT molecular complexity index is 341. The maximum absolute atomic E-state index is 10.1. The summed E-state index contributed by atoms with van der Waals surface area (Å²) < 4.78 is 1.53. The zero-order valence-corrected chi connectivity index (χ0v) is 8.00. The summed E-state index contributed by atoms with van der Waals surface area (Å²) >= 11 is 0. The third kappa shape index (κ3) is 3.23. The fourth-order valence-corrected chi connectivity index (χ4v) is 0.910. The fourth-order valence-electron chi connectivity index (χ4n) is 0.910. The number of aryl methyl sites for hydroxylation is 1. The predicted molar refractivity (Wildman–Crippen MR) is 55.6 cm³/mol. The number of hydrogen-bond donors (Lipinski definition) is 0. The molecule has 0 aliphatic rings. The number of aromatic nitrogens is 2. The van der Waals surface area contributed by atoms with E-state index in [4.69, 9.17) is 0 Å². The Labute approximate surface area is 83.0 Å². The van der Waals surface area contributed by atoms with E-state index in [-0.39, 0.29) is 0 Å². The molecule has 2 aromatic rings. The van der Waals surface area contributed by atoms with E-state index in [1.54, 1.807) is 18.6 Å². The van der Waals surface area contributed by atoms with Gasteiger partial charge in [0.1, 0.15) is 0 Å². The van der Waals surface area contributed by atoms with Gasteiger partial charge in [0.15, 0.2) is 0 Å². The summed E-state index contributed by atoms with van der Waals surface area (Å²) in [6.45, 7) is 1.88. The number of pyridine rings is 1. The molecule has 0 saturated carbocycles. The van der Waals surface area contributed by atoms with Crippen molar-refractivity contribution in [2.24, 2.45) is 0 Å². The lowest BCUT2D eigenvalue weighted by Gasteiger charge is -1.88. The highest BCUT2D eigenvalue weighted by molar-refractivity contribution is 5.53. The second-order valence-electron chi connectivity index (χ2n) is 2.69. The maximum Gasteiger partial charge on any atom is 0.217 e. The first-order chi connectivity index (χ1) is 6.84. The molecular formula is C11H12N2O. The summed E-state index contributed by atoms with van der Waals surface area (Å²) in [6, 6.07) is 9.44. The van der Waals surface area contributed by atoms with E-state index in [0.29, 0.717) is 0 Å². The van der Waals surface area contributed by atoms with Crippen molar-refractivity contribution in [3.63, 3.8) is 0 Å². The van der Waals surface area contributed by atoms with Gasteiger partial charge in [-0.25, -0.2) is 0 Å². The van der Waals surface area contributed by atoms with Crippen LogP contribution < -0.4 is 0 Å². The average molecular weight is 188 g/mol. The third-order valence-electron chi connectivity index (χ3n) is 1.67. The minimum atomic E-state index is 0.787. The lowest BCUT2D eigenvalue weighted by molar-refractivity contribution is 0.546. The Hall–Kier alpha value is -1.90. The van der Waals surface area contributed by atoms with Gasteiger partial charge in [0, 0.05) is 24.3 Å². The molecule has 2 aromatic heterocycles. The Morgan fingerprint density at radius 3 is 2.14 bits per heavy atom. The van der Waals surface area contributed by atoms with Crippen LogP contribution in [0, 0.1) is 6.92 Å². The van der Waals surface area contributed by atoms with Crippen molar-refractivity contribution in [2.75, 3.05) is 0 Å². The smallest absolute Gasteiger partial charge is 0.217 e. The van der Waals surface area contributed by atoms with Gasteiger partial charge < -0.3 is 0 Å². The van der Waals surface area contributed by atoms with Crippen LogP contribution in [0.3, 0.4) is 0 Å². The normalized spacial score (nSPS) is 8.64. The molecule has 3 heteroatoms. The molecule has 3 nitrogen and oxygen atoms in total. The SMILES string of the molecule is Cc1cccn1C=O.c1ccncc1. The van der Waals surface area contributed by atoms with Gasteiger partial charge in [0.25, 0.3) is 0 Å². The largest absolute Gasteiger partial charge is 0.295 e. The molecule has 72 valence electrons. The summed E-state index contributed by atoms with van der Waals surface area (Å²) in [6.07, 6.45) is 6.01. The van der Waals surface area contributed by atoms with E-state index in [9.17, 15) is 4.79 Å². The first-order valence-electron chi connectivity index (χ1n) is 4.28. The Morgan fingerprint density at radius 2 is 1.93 bits per heavy atom. The highest BCUT2D eigenvalue weighted by Gasteiger charge is 1.87. The molecule has 0 aliphatic carbocycles. The maximum atomic E-state index is 10.1. The van der Waals surface area contributed by atoms with Crippen LogP contribution in [0.25, 0.3) is 0 Å². The first-order valence-corrected chi connectivity index (χ1v) is 4.28. The molecule has 0 fully saturated rings. The molecule has 0 aliphatic heterocycles. The monoisotopic (exact) mass is 188 g/mol. The van der Waals surface area contributed by atoms with Crippen molar-refractivity contribution in [1.82, 2.24) is 9.55 Å². The van der Waals surface area contributed by atoms with Crippen LogP contribution in [0.5, 0.6) is 0 Å². The molecule has 0 radical (unpaired) electrons. The van der Waals surface area contributed by atoms with Crippen LogP contribution in [0.4, 0.5) is 0 Å². The highest BCUT2D eigenvalue weighted by atomic mass is 16.1. The zero-order valence-electron chi connectivity index (χ0n) is 8.00. The molecule has 2 heterocycles. The van der Waals surface area contributed by atoms with Crippen molar-refractivity contribution in [3.05, 3.63) is 54.6 Å². The highest BCUT2D eigenvalue weighted by Crippen LogP contribution is 1.94. The van der Waals surface area contributed by atoms with Gasteiger partial charge in [-0.2, -0.15) is 0 Å². The number of hydrogen-bond acceptors (Lipinski definition) is 2. The second kappa shape index (κ2) is 5.70. The van der Waals surface area contributed by atoms with Gasteiger partial charge in [-0.3, -0.25) is 14.3 Å². The molecule has 2 rings (SSSR count). The summed E-state index contributed by atoms with van der Waals surface area (Å²) in [4.78, 5) is 13.8. The predicted octanol–water partition coefficient (Wildman–Crippen LogP) is 1.92. The van der Waals surface area contributed by atoms with E-state index >= 15 is 0 Å². The van der Waals surface area contributed by atoms with Crippen LogP contribution in [-0.4, -0.2) is 16.0 Å². The molecule has 0 atom stereocenters. The Morgan fingerprint density at radius 1 is 1.21 bits per heavy atom.